The molecule has 1 aliphatic carbocycles. The van der Waals surface area contributed by atoms with Gasteiger partial charge in [0.15, 0.2) is 0 Å². The highest BCUT2D eigenvalue weighted by atomic mass is 16.5. The molecule has 2 rings (SSSR count). The number of carbonyl (C=O) groups excluding carboxylic acids is 2. The minimum absolute atomic E-state index is 0.156. The van der Waals surface area contributed by atoms with Gasteiger partial charge in [-0.15, -0.1) is 0 Å². The Bertz CT molecular complexity index is 527. The summed E-state index contributed by atoms with van der Waals surface area (Å²) in [6.45, 7) is 1.86. The number of esters is 2. The van der Waals surface area contributed by atoms with E-state index in [2.05, 4.69) is 0 Å². The van der Waals surface area contributed by atoms with Crippen LogP contribution in [-0.2, 0) is 25.7 Å². The van der Waals surface area contributed by atoms with E-state index in [9.17, 15) is 14.7 Å². The van der Waals surface area contributed by atoms with Gasteiger partial charge in [0.05, 0.1) is 24.5 Å². The van der Waals surface area contributed by atoms with Crippen LogP contribution in [0.5, 0.6) is 0 Å². The zero-order valence-electron chi connectivity index (χ0n) is 13.0. The molecular weight excluding hydrogens is 284 g/mol. The van der Waals surface area contributed by atoms with Crippen molar-refractivity contribution >= 4 is 11.9 Å². The van der Waals surface area contributed by atoms with Gasteiger partial charge in [0.2, 0.25) is 0 Å². The zero-order chi connectivity index (χ0) is 16.2. The van der Waals surface area contributed by atoms with Crippen LogP contribution < -0.4 is 0 Å². The molecule has 0 aromatic heterocycles. The molecule has 0 heterocycles. The molecule has 5 nitrogen and oxygen atoms in total. The Kier molecular flexibility index (Phi) is 5.19. The van der Waals surface area contributed by atoms with Gasteiger partial charge in [-0.2, -0.15) is 0 Å². The molecule has 0 spiro atoms. The Morgan fingerprint density at radius 1 is 1.32 bits per heavy atom. The lowest BCUT2D eigenvalue weighted by Crippen LogP contribution is -2.47. The highest BCUT2D eigenvalue weighted by Gasteiger charge is 2.50. The number of methoxy groups -OCH3 is 1. The molecule has 120 valence electrons. The van der Waals surface area contributed by atoms with Crippen LogP contribution in [0.1, 0.15) is 31.7 Å². The van der Waals surface area contributed by atoms with Gasteiger partial charge in [-0.05, 0) is 31.7 Å². The van der Waals surface area contributed by atoms with Crippen LogP contribution in [0.2, 0.25) is 0 Å². The van der Waals surface area contributed by atoms with E-state index in [4.69, 9.17) is 9.47 Å². The number of carbonyl (C=O) groups is 2. The lowest BCUT2D eigenvalue weighted by molar-refractivity contribution is -0.173. The van der Waals surface area contributed by atoms with Crippen LogP contribution in [0.25, 0.3) is 0 Å². The van der Waals surface area contributed by atoms with E-state index in [1.165, 1.54) is 7.11 Å². The Morgan fingerprint density at radius 2 is 2.00 bits per heavy atom. The first kappa shape index (κ1) is 16.5. The van der Waals surface area contributed by atoms with Crippen LogP contribution in [0.15, 0.2) is 30.3 Å². The summed E-state index contributed by atoms with van der Waals surface area (Å²) >= 11 is 0. The van der Waals surface area contributed by atoms with Crippen molar-refractivity contribution in [1.29, 1.82) is 0 Å². The molecule has 0 saturated heterocycles. The maximum atomic E-state index is 12.4. The number of aliphatic hydroxyl groups is 1. The molecule has 1 N–H and O–H groups in total. The van der Waals surface area contributed by atoms with Gasteiger partial charge in [0, 0.05) is 0 Å². The van der Waals surface area contributed by atoms with E-state index < -0.39 is 29.4 Å². The summed E-state index contributed by atoms with van der Waals surface area (Å²) in [5.41, 5.74) is -0.0612. The first-order chi connectivity index (χ1) is 10.5. The second-order valence-electron chi connectivity index (χ2n) is 5.98. The van der Waals surface area contributed by atoms with Crippen LogP contribution in [0.3, 0.4) is 0 Å². The fraction of sp³-hybridized carbons (Fsp3) is 0.529. The average Bonchev–Trinajstić information content (AvgIpc) is 2.55. The quantitative estimate of drug-likeness (QED) is 0.862. The van der Waals surface area contributed by atoms with Crippen molar-refractivity contribution in [2.45, 2.75) is 38.9 Å². The molecular formula is C17H22O5. The molecule has 3 atom stereocenters. The van der Waals surface area contributed by atoms with Gasteiger partial charge < -0.3 is 14.6 Å². The molecule has 5 heteroatoms. The predicted octanol–water partition coefficient (Wildman–Crippen LogP) is 2.07. The van der Waals surface area contributed by atoms with Gasteiger partial charge in [-0.1, -0.05) is 30.3 Å². The summed E-state index contributed by atoms with van der Waals surface area (Å²) in [7, 11) is 1.31. The summed E-state index contributed by atoms with van der Waals surface area (Å²) in [6.07, 6.45) is 0.520. The molecule has 1 saturated carbocycles. The number of ether oxygens (including phenoxy) is 2. The Balaban J connectivity index is 2.08. The molecule has 1 aromatic carbocycles. The summed E-state index contributed by atoms with van der Waals surface area (Å²) in [4.78, 5) is 24.5. The Morgan fingerprint density at radius 3 is 2.64 bits per heavy atom. The summed E-state index contributed by atoms with van der Waals surface area (Å²) < 4.78 is 10.2. The van der Waals surface area contributed by atoms with Gasteiger partial charge in [0.1, 0.15) is 6.61 Å². The molecule has 0 aliphatic heterocycles. The van der Waals surface area contributed by atoms with Crippen LogP contribution in [0.4, 0.5) is 0 Å². The highest BCUT2D eigenvalue weighted by molar-refractivity contribution is 5.85. The highest BCUT2D eigenvalue weighted by Crippen LogP contribution is 2.42. The number of rotatable bonds is 4. The van der Waals surface area contributed by atoms with Crippen molar-refractivity contribution < 1.29 is 24.2 Å². The van der Waals surface area contributed by atoms with Crippen LogP contribution in [-0.4, -0.2) is 30.3 Å². The standard InChI is InChI=1S/C17H22O5/c1-17(16(20)21-2)9-8-13(18)10-14(17)15(19)22-11-12-6-4-3-5-7-12/h3-7,13-14,18H,8-11H2,1-2H3/t13-,14+,17+/m1/s1. The maximum absolute atomic E-state index is 12.4. The molecule has 0 radical (unpaired) electrons. The number of hydrogen-bond acceptors (Lipinski definition) is 5. The number of hydrogen-bond donors (Lipinski definition) is 1. The molecule has 1 fully saturated rings. The second-order valence-corrected chi connectivity index (χ2v) is 5.98. The summed E-state index contributed by atoms with van der Waals surface area (Å²) in [5.74, 6) is -1.58. The third-order valence-corrected chi connectivity index (χ3v) is 4.43. The molecule has 0 amide bonds. The topological polar surface area (TPSA) is 72.8 Å². The smallest absolute Gasteiger partial charge is 0.312 e. The monoisotopic (exact) mass is 306 g/mol. The van der Waals surface area contributed by atoms with Gasteiger partial charge in [-0.3, -0.25) is 9.59 Å². The molecule has 22 heavy (non-hydrogen) atoms. The van der Waals surface area contributed by atoms with E-state index in [1.54, 1.807) is 6.92 Å². The third-order valence-electron chi connectivity index (χ3n) is 4.43. The first-order valence-corrected chi connectivity index (χ1v) is 7.44. The van der Waals surface area contributed by atoms with Gasteiger partial charge >= 0.3 is 11.9 Å². The normalized spacial score (nSPS) is 28.0. The average molecular weight is 306 g/mol. The van der Waals surface area contributed by atoms with Crippen LogP contribution in [0, 0.1) is 11.3 Å². The largest absolute Gasteiger partial charge is 0.469 e. The molecule has 1 aromatic rings. The lowest BCUT2D eigenvalue weighted by atomic mass is 9.66. The molecule has 1 aliphatic rings. The lowest BCUT2D eigenvalue weighted by Gasteiger charge is -2.39. The van der Waals surface area contributed by atoms with E-state index in [0.717, 1.165) is 5.56 Å². The van der Waals surface area contributed by atoms with E-state index >= 15 is 0 Å². The minimum Gasteiger partial charge on any atom is -0.469 e. The van der Waals surface area contributed by atoms with E-state index in [1.807, 2.05) is 30.3 Å². The summed E-state index contributed by atoms with van der Waals surface area (Å²) in [6, 6.07) is 9.35. The van der Waals surface area contributed by atoms with Crippen molar-refractivity contribution in [3.8, 4) is 0 Å². The van der Waals surface area contributed by atoms with Crippen molar-refractivity contribution in [3.63, 3.8) is 0 Å². The second kappa shape index (κ2) is 6.92. The van der Waals surface area contributed by atoms with Crippen LogP contribution >= 0.6 is 0 Å². The van der Waals surface area contributed by atoms with Gasteiger partial charge in [-0.25, -0.2) is 0 Å². The molecule has 0 bridgehead atoms. The minimum atomic E-state index is -0.943. The predicted molar refractivity (Wildman–Crippen MR) is 79.7 cm³/mol. The van der Waals surface area contributed by atoms with Gasteiger partial charge in [0.25, 0.3) is 0 Å². The Hall–Kier alpha value is -1.88. The number of benzene rings is 1. The van der Waals surface area contributed by atoms with Crippen molar-refractivity contribution in [1.82, 2.24) is 0 Å². The van der Waals surface area contributed by atoms with Crippen molar-refractivity contribution in [2.75, 3.05) is 7.11 Å². The fourth-order valence-corrected chi connectivity index (χ4v) is 2.95. The summed E-state index contributed by atoms with van der Waals surface area (Å²) in [5, 5.41) is 9.84. The van der Waals surface area contributed by atoms with E-state index in [-0.39, 0.29) is 13.0 Å². The third kappa shape index (κ3) is 3.47. The number of aliphatic hydroxyl groups excluding tert-OH is 1. The van der Waals surface area contributed by atoms with Crippen molar-refractivity contribution in [2.24, 2.45) is 11.3 Å². The fourth-order valence-electron chi connectivity index (χ4n) is 2.95. The maximum Gasteiger partial charge on any atom is 0.312 e. The molecule has 0 unspecified atom stereocenters. The Labute approximate surface area is 130 Å². The van der Waals surface area contributed by atoms with Crippen molar-refractivity contribution in [3.05, 3.63) is 35.9 Å². The SMILES string of the molecule is COC(=O)[C@@]1(C)CC[C@@H](O)C[C@H]1C(=O)OCc1ccccc1. The first-order valence-electron chi connectivity index (χ1n) is 7.44. The van der Waals surface area contributed by atoms with E-state index in [0.29, 0.717) is 12.8 Å². The zero-order valence-corrected chi connectivity index (χ0v) is 13.0.